The molecule has 0 aromatic rings. The van der Waals surface area contributed by atoms with Gasteiger partial charge in [-0.2, -0.15) is 0 Å². The molecule has 0 aromatic heterocycles. The second kappa shape index (κ2) is 7.59. The van der Waals surface area contributed by atoms with Crippen LogP contribution in [0.3, 0.4) is 0 Å². The average Bonchev–Trinajstić information content (AvgIpc) is 2.16. The first kappa shape index (κ1) is 11.9. The van der Waals surface area contributed by atoms with Crippen LogP contribution in [0.4, 0.5) is 0 Å². The molecular weight excluding hydrogens is 164 g/mol. The van der Waals surface area contributed by atoms with E-state index in [0.29, 0.717) is 0 Å². The summed E-state index contributed by atoms with van der Waals surface area (Å²) in [5.74, 6) is -0.285. The molecule has 0 saturated heterocycles. The summed E-state index contributed by atoms with van der Waals surface area (Å²) in [7, 11) is 1.38. The SMILES string of the molecule is CC/C=C(\CC)C/C=C/C(=O)OC. The lowest BCUT2D eigenvalue weighted by Crippen LogP contribution is -1.93. The highest BCUT2D eigenvalue weighted by molar-refractivity contribution is 5.81. The number of allylic oxidation sites excluding steroid dienone is 3. The van der Waals surface area contributed by atoms with Gasteiger partial charge in [0.2, 0.25) is 0 Å². The maximum Gasteiger partial charge on any atom is 0.330 e. The number of hydrogen-bond acceptors (Lipinski definition) is 2. The van der Waals surface area contributed by atoms with E-state index in [1.165, 1.54) is 18.8 Å². The molecule has 0 spiro atoms. The van der Waals surface area contributed by atoms with Gasteiger partial charge in [-0.15, -0.1) is 0 Å². The molecule has 74 valence electrons. The monoisotopic (exact) mass is 182 g/mol. The second-order valence-electron chi connectivity index (χ2n) is 2.75. The Bertz CT molecular complexity index is 202. The van der Waals surface area contributed by atoms with Crippen molar-refractivity contribution in [1.82, 2.24) is 0 Å². The standard InChI is InChI=1S/C11H18O2/c1-4-7-10(5-2)8-6-9-11(12)13-3/h6-7,9H,4-5,8H2,1-3H3/b9-6+,10-7+. The van der Waals surface area contributed by atoms with Gasteiger partial charge in [0, 0.05) is 6.08 Å². The van der Waals surface area contributed by atoms with Crippen LogP contribution >= 0.6 is 0 Å². The summed E-state index contributed by atoms with van der Waals surface area (Å²) in [6, 6.07) is 0. The van der Waals surface area contributed by atoms with Crippen molar-refractivity contribution in [1.29, 1.82) is 0 Å². The summed E-state index contributed by atoms with van der Waals surface area (Å²) in [6.07, 6.45) is 8.45. The number of hydrogen-bond donors (Lipinski definition) is 0. The summed E-state index contributed by atoms with van der Waals surface area (Å²) in [4.78, 5) is 10.7. The fourth-order valence-electron chi connectivity index (χ4n) is 1.04. The summed E-state index contributed by atoms with van der Waals surface area (Å²) in [5.41, 5.74) is 1.36. The molecule has 0 atom stereocenters. The molecule has 0 aliphatic rings. The van der Waals surface area contributed by atoms with Crippen LogP contribution in [0.2, 0.25) is 0 Å². The molecule has 0 aliphatic carbocycles. The number of carbonyl (C=O) groups is 1. The number of esters is 1. The minimum absolute atomic E-state index is 0.285. The molecule has 0 N–H and O–H groups in total. The molecule has 0 aliphatic heterocycles. The van der Waals surface area contributed by atoms with Gasteiger partial charge in [-0.25, -0.2) is 4.79 Å². The molecule has 2 nitrogen and oxygen atoms in total. The molecule has 0 heterocycles. The molecule has 0 saturated carbocycles. The highest BCUT2D eigenvalue weighted by Gasteiger charge is 1.92. The highest BCUT2D eigenvalue weighted by Crippen LogP contribution is 2.08. The van der Waals surface area contributed by atoms with E-state index in [2.05, 4.69) is 24.7 Å². The quantitative estimate of drug-likeness (QED) is 0.371. The molecule has 0 unspecified atom stereocenters. The van der Waals surface area contributed by atoms with Crippen LogP contribution in [-0.4, -0.2) is 13.1 Å². The lowest BCUT2D eigenvalue weighted by molar-refractivity contribution is -0.134. The Balaban J connectivity index is 3.91. The first-order valence-corrected chi connectivity index (χ1v) is 4.66. The van der Waals surface area contributed by atoms with Gasteiger partial charge in [0.05, 0.1) is 7.11 Å². The van der Waals surface area contributed by atoms with Crippen LogP contribution in [0.5, 0.6) is 0 Å². The van der Waals surface area contributed by atoms with Crippen LogP contribution < -0.4 is 0 Å². The Morgan fingerprint density at radius 2 is 2.08 bits per heavy atom. The molecule has 0 aromatic carbocycles. The van der Waals surface area contributed by atoms with Crippen molar-refractivity contribution in [2.45, 2.75) is 33.1 Å². The summed E-state index contributed by atoms with van der Waals surface area (Å²) in [5, 5.41) is 0. The van der Waals surface area contributed by atoms with Crippen molar-refractivity contribution in [2.24, 2.45) is 0 Å². The number of rotatable bonds is 5. The zero-order valence-corrected chi connectivity index (χ0v) is 8.67. The number of carbonyl (C=O) groups excluding carboxylic acids is 1. The van der Waals surface area contributed by atoms with Crippen LogP contribution in [0.1, 0.15) is 33.1 Å². The largest absolute Gasteiger partial charge is 0.466 e. The topological polar surface area (TPSA) is 26.3 Å². The Hall–Kier alpha value is -1.05. The van der Waals surface area contributed by atoms with Gasteiger partial charge < -0.3 is 4.74 Å². The van der Waals surface area contributed by atoms with Crippen molar-refractivity contribution in [3.8, 4) is 0 Å². The molecule has 0 amide bonds. The van der Waals surface area contributed by atoms with Gasteiger partial charge in [-0.05, 0) is 19.3 Å². The first-order chi connectivity index (χ1) is 6.24. The maximum atomic E-state index is 10.7. The van der Waals surface area contributed by atoms with E-state index in [9.17, 15) is 4.79 Å². The molecule has 13 heavy (non-hydrogen) atoms. The Kier molecular flexibility index (Phi) is 6.98. The van der Waals surface area contributed by atoms with Crippen molar-refractivity contribution >= 4 is 5.97 Å². The van der Waals surface area contributed by atoms with Crippen LogP contribution in [-0.2, 0) is 9.53 Å². The normalized spacial score (nSPS) is 12.1. The fourth-order valence-corrected chi connectivity index (χ4v) is 1.04. The lowest BCUT2D eigenvalue weighted by atomic mass is 10.1. The number of methoxy groups -OCH3 is 1. The van der Waals surface area contributed by atoms with E-state index in [0.717, 1.165) is 19.3 Å². The smallest absolute Gasteiger partial charge is 0.330 e. The van der Waals surface area contributed by atoms with Gasteiger partial charge in [-0.1, -0.05) is 31.6 Å². The molecule has 0 bridgehead atoms. The van der Waals surface area contributed by atoms with Crippen LogP contribution in [0, 0.1) is 0 Å². The number of ether oxygens (including phenoxy) is 1. The van der Waals surface area contributed by atoms with Crippen LogP contribution in [0.15, 0.2) is 23.8 Å². The zero-order chi connectivity index (χ0) is 10.1. The van der Waals surface area contributed by atoms with E-state index >= 15 is 0 Å². The lowest BCUT2D eigenvalue weighted by Gasteiger charge is -1.98. The van der Waals surface area contributed by atoms with E-state index in [4.69, 9.17) is 0 Å². The average molecular weight is 182 g/mol. The molecule has 0 rings (SSSR count). The predicted molar refractivity (Wildman–Crippen MR) is 54.4 cm³/mol. The maximum absolute atomic E-state index is 10.7. The summed E-state index contributed by atoms with van der Waals surface area (Å²) in [6.45, 7) is 4.23. The Morgan fingerprint density at radius 1 is 1.38 bits per heavy atom. The van der Waals surface area contributed by atoms with E-state index in [1.807, 2.05) is 6.08 Å². The second-order valence-corrected chi connectivity index (χ2v) is 2.75. The van der Waals surface area contributed by atoms with Crippen molar-refractivity contribution in [3.05, 3.63) is 23.8 Å². The molecule has 2 heteroatoms. The van der Waals surface area contributed by atoms with Crippen LogP contribution in [0.25, 0.3) is 0 Å². The Labute approximate surface area is 80.3 Å². The van der Waals surface area contributed by atoms with E-state index in [1.54, 1.807) is 0 Å². The van der Waals surface area contributed by atoms with Gasteiger partial charge in [0.25, 0.3) is 0 Å². The molecular formula is C11H18O2. The van der Waals surface area contributed by atoms with Crippen molar-refractivity contribution < 1.29 is 9.53 Å². The van der Waals surface area contributed by atoms with Crippen molar-refractivity contribution in [2.75, 3.05) is 7.11 Å². The minimum atomic E-state index is -0.285. The highest BCUT2D eigenvalue weighted by atomic mass is 16.5. The zero-order valence-electron chi connectivity index (χ0n) is 8.67. The third-order valence-corrected chi connectivity index (χ3v) is 1.78. The van der Waals surface area contributed by atoms with Gasteiger partial charge in [0.1, 0.15) is 0 Å². The van der Waals surface area contributed by atoms with Gasteiger partial charge in [-0.3, -0.25) is 0 Å². The molecule has 0 radical (unpaired) electrons. The predicted octanol–water partition coefficient (Wildman–Crippen LogP) is 2.85. The third kappa shape index (κ3) is 6.14. The van der Waals surface area contributed by atoms with E-state index in [-0.39, 0.29) is 5.97 Å². The van der Waals surface area contributed by atoms with Gasteiger partial charge >= 0.3 is 5.97 Å². The minimum Gasteiger partial charge on any atom is -0.466 e. The Morgan fingerprint density at radius 3 is 2.54 bits per heavy atom. The molecule has 0 fully saturated rings. The third-order valence-electron chi connectivity index (χ3n) is 1.78. The van der Waals surface area contributed by atoms with Gasteiger partial charge in [0.15, 0.2) is 0 Å². The van der Waals surface area contributed by atoms with Crippen molar-refractivity contribution in [3.63, 3.8) is 0 Å². The fraction of sp³-hybridized carbons (Fsp3) is 0.545. The summed E-state index contributed by atoms with van der Waals surface area (Å²) >= 11 is 0. The van der Waals surface area contributed by atoms with E-state index < -0.39 is 0 Å². The first-order valence-electron chi connectivity index (χ1n) is 4.66. The summed E-state index contributed by atoms with van der Waals surface area (Å²) < 4.78 is 4.48.